The Hall–Kier alpha value is -5.01. The van der Waals surface area contributed by atoms with Gasteiger partial charge in [0.15, 0.2) is 66.9 Å². The molecule has 9 nitrogen and oxygen atoms in total. The van der Waals surface area contributed by atoms with Crippen LogP contribution in [0.4, 0.5) is 39.5 Å². The Balaban J connectivity index is 0.000000505. The van der Waals surface area contributed by atoms with E-state index in [1.54, 1.807) is 0 Å². The van der Waals surface area contributed by atoms with Gasteiger partial charge in [-0.2, -0.15) is 39.5 Å². The van der Waals surface area contributed by atoms with Gasteiger partial charge in [-0.05, 0) is 180 Å². The summed E-state index contributed by atoms with van der Waals surface area (Å²) in [7, 11) is -18.7. The SMILES string of the molecule is Cc1cc(C)c([S+](c2ccc(Sc3ccc([I+]c4ccc(Sc5ccc([S+](c6c(C)cc(C)cc6C)c6c(C)cc(C)cc6C)cc5)cc4)cc3)cc2)c2c(C)cc(C)cc2C)c(C)c1.O=S(=O)([O-])C(F)(F)F.O=S(=O)([O-])C(F)(F)F.O=S(=O)([O-])C(F)(F)F. The summed E-state index contributed by atoms with van der Waals surface area (Å²) in [5, 5.41) is 0. The molecule has 0 amide bonds. The van der Waals surface area contributed by atoms with Gasteiger partial charge in [-0.15, -0.1) is 0 Å². The van der Waals surface area contributed by atoms with Crippen molar-refractivity contribution in [2.45, 2.75) is 149 Å². The molecule has 8 aromatic rings. The largest absolute Gasteiger partial charge is 0.741 e. The zero-order valence-electron chi connectivity index (χ0n) is 49.7. The molecule has 0 atom stereocenters. The van der Waals surface area contributed by atoms with Crippen LogP contribution < -0.4 is 21.2 Å². The second kappa shape index (κ2) is 30.2. The molecule has 0 aliphatic heterocycles. The van der Waals surface area contributed by atoms with Gasteiger partial charge in [0.1, 0.15) is 21.8 Å². The number of hydrogen-bond donors (Lipinski definition) is 0. The lowest BCUT2D eigenvalue weighted by Crippen LogP contribution is -3.61. The second-order valence-electron chi connectivity index (χ2n) is 20.4. The van der Waals surface area contributed by atoms with Crippen molar-refractivity contribution in [1.29, 1.82) is 0 Å². The number of alkyl halides is 9. The third-order valence-electron chi connectivity index (χ3n) is 12.5. The second-order valence-corrected chi connectivity index (χ2v) is 33.6. The van der Waals surface area contributed by atoms with Crippen LogP contribution in [-0.4, -0.2) is 55.4 Å². The predicted molar refractivity (Wildman–Crippen MR) is 326 cm³/mol. The van der Waals surface area contributed by atoms with Crippen LogP contribution in [0.15, 0.2) is 195 Å². The maximum Gasteiger partial charge on any atom is 0.485 e. The lowest BCUT2D eigenvalue weighted by atomic mass is 10.1. The molecule has 0 aromatic heterocycles. The van der Waals surface area contributed by atoms with Gasteiger partial charge in [-0.1, -0.05) is 94.3 Å². The van der Waals surface area contributed by atoms with Gasteiger partial charge in [0.25, 0.3) is 0 Å². The molecule has 0 unspecified atom stereocenters. The van der Waals surface area contributed by atoms with E-state index in [9.17, 15) is 39.5 Å². The van der Waals surface area contributed by atoms with E-state index < -0.39 is 46.9 Å². The van der Waals surface area contributed by atoms with E-state index in [0.29, 0.717) is 0 Å². The quantitative estimate of drug-likeness (QED) is 0.0375. The summed E-state index contributed by atoms with van der Waals surface area (Å²) in [4.78, 5) is 13.7. The highest BCUT2D eigenvalue weighted by Gasteiger charge is 2.40. The Morgan fingerprint density at radius 2 is 0.472 bits per heavy atom. The maximum absolute atomic E-state index is 10.7. The number of rotatable bonds is 12. The van der Waals surface area contributed by atoms with Crippen molar-refractivity contribution in [2.75, 3.05) is 0 Å². The van der Waals surface area contributed by atoms with E-state index in [0.717, 1.165) is 0 Å². The summed E-state index contributed by atoms with van der Waals surface area (Å²) in [6.07, 6.45) is 0. The van der Waals surface area contributed by atoms with Crippen molar-refractivity contribution in [3.8, 4) is 0 Å². The predicted octanol–water partition coefficient (Wildman–Crippen LogP) is 14.2. The third kappa shape index (κ3) is 20.7. The van der Waals surface area contributed by atoms with Gasteiger partial charge in [-0.3, -0.25) is 0 Å². The first-order valence-electron chi connectivity index (χ1n) is 26.1. The smallest absolute Gasteiger partial charge is 0.485 e. The minimum absolute atomic E-state index is 0.193. The Bertz CT molecular complexity index is 3650. The van der Waals surface area contributed by atoms with Crippen LogP contribution in [0.2, 0.25) is 0 Å². The van der Waals surface area contributed by atoms with Crippen LogP contribution >= 0.6 is 23.5 Å². The first kappa shape index (κ1) is 74.7. The molecule has 0 spiro atoms. The van der Waals surface area contributed by atoms with Crippen molar-refractivity contribution in [2.24, 2.45) is 0 Å². The van der Waals surface area contributed by atoms with Crippen LogP contribution in [0.3, 0.4) is 0 Å². The highest BCUT2D eigenvalue weighted by Crippen LogP contribution is 2.43. The van der Waals surface area contributed by atoms with Crippen molar-refractivity contribution < 1.29 is 99.6 Å². The fraction of sp³-hybridized carbons (Fsp3) is 0.238. The molecule has 0 saturated carbocycles. The summed E-state index contributed by atoms with van der Waals surface area (Å²) < 4.78 is 180. The van der Waals surface area contributed by atoms with Gasteiger partial charge in [0, 0.05) is 64.1 Å². The Labute approximate surface area is 539 Å². The third-order valence-corrected chi connectivity index (χ3v) is 24.6. The molecule has 0 N–H and O–H groups in total. The fourth-order valence-corrected chi connectivity index (χ4v) is 18.5. The molecular weight excluding hydrogens is 1420 g/mol. The summed E-state index contributed by atoms with van der Waals surface area (Å²) in [5.41, 5.74) is -0.632. The molecule has 8 aromatic carbocycles. The Kier molecular flexibility index (Phi) is 25.3. The first-order valence-corrected chi connectivity index (χ1v) is 36.6. The van der Waals surface area contributed by atoms with Crippen molar-refractivity contribution in [1.82, 2.24) is 0 Å². The minimum atomic E-state index is -6.09. The fourth-order valence-electron chi connectivity index (χ4n) is 9.45. The highest BCUT2D eigenvalue weighted by molar-refractivity contribution is 8.00. The average molecular weight is 1480 g/mol. The van der Waals surface area contributed by atoms with Crippen molar-refractivity contribution in [3.63, 3.8) is 0 Å². The van der Waals surface area contributed by atoms with Crippen LogP contribution in [0, 0.1) is 90.2 Å². The van der Waals surface area contributed by atoms with Crippen molar-refractivity contribution in [3.05, 3.63) is 219 Å². The molecular formula is C63H60F9IO9S7. The summed E-state index contributed by atoms with van der Waals surface area (Å²) in [6, 6.07) is 56.2. The minimum Gasteiger partial charge on any atom is -0.741 e. The molecule has 478 valence electrons. The number of benzene rings is 8. The summed E-state index contributed by atoms with van der Waals surface area (Å²) >= 11 is 3.42. The van der Waals surface area contributed by atoms with Crippen molar-refractivity contribution >= 4 is 75.7 Å². The van der Waals surface area contributed by atoms with Crippen LogP contribution in [0.5, 0.6) is 0 Å². The summed E-state index contributed by atoms with van der Waals surface area (Å²) in [5.74, 6) is 0. The molecule has 0 aliphatic rings. The Morgan fingerprint density at radius 1 is 0.315 bits per heavy atom. The Morgan fingerprint density at radius 3 is 0.629 bits per heavy atom. The maximum atomic E-state index is 10.7. The molecule has 0 aliphatic carbocycles. The summed E-state index contributed by atoms with van der Waals surface area (Å²) in [6.45, 7) is 27.1. The molecule has 0 fully saturated rings. The number of hydrogen-bond acceptors (Lipinski definition) is 11. The van der Waals surface area contributed by atoms with E-state index in [4.69, 9.17) is 38.9 Å². The lowest BCUT2D eigenvalue weighted by molar-refractivity contribution is -0.597. The van der Waals surface area contributed by atoms with Gasteiger partial charge >= 0.3 is 37.7 Å². The molecule has 0 saturated heterocycles. The van der Waals surface area contributed by atoms with Crippen LogP contribution in [-0.2, 0) is 52.1 Å². The zero-order valence-corrected chi connectivity index (χ0v) is 57.5. The molecule has 0 heterocycles. The lowest BCUT2D eigenvalue weighted by Gasteiger charge is -2.17. The molecule has 26 heteroatoms. The molecule has 8 rings (SSSR count). The highest BCUT2D eigenvalue weighted by atomic mass is 127. The molecule has 0 radical (unpaired) electrons. The van der Waals surface area contributed by atoms with Gasteiger partial charge in [0.2, 0.25) is 0 Å². The normalized spacial score (nSPS) is 12.2. The number of halogens is 10. The van der Waals surface area contributed by atoms with E-state index in [1.807, 2.05) is 23.5 Å². The molecule has 89 heavy (non-hydrogen) atoms. The van der Waals surface area contributed by atoms with Gasteiger partial charge in [-0.25, -0.2) is 25.3 Å². The van der Waals surface area contributed by atoms with Crippen LogP contribution in [0.1, 0.15) is 66.8 Å². The van der Waals surface area contributed by atoms with Gasteiger partial charge in [0.05, 0.1) is 0 Å². The van der Waals surface area contributed by atoms with Gasteiger partial charge < -0.3 is 13.7 Å². The number of aryl methyl sites for hydroxylation is 12. The zero-order chi connectivity index (χ0) is 67.1. The topological polar surface area (TPSA) is 172 Å². The van der Waals surface area contributed by atoms with E-state index >= 15 is 0 Å². The van der Waals surface area contributed by atoms with E-state index in [2.05, 4.69) is 229 Å². The average Bonchev–Trinajstić information content (AvgIpc) is 0.945. The standard InChI is InChI=1S/C60H60IS4.3CHF3O3S/c1-37-29-41(5)57(42(6)30-37)64(58-43(7)31-38(2)32-44(58)8)55-25-21-53(22-26-55)62-51-17-13-49(14-18-51)61-50-15-19-52(20-16-50)63-54-23-27-56(28-24-54)65(59-45(9)33-39(3)34-46(59)10)60-47(11)35-40(4)36-48(60)12;3*2-1(3,4)8(5,6)7/h13-36H,1-12H3;3*(H,5,6,7)/q+3;;;/p-3. The monoisotopic (exact) mass is 1480 g/mol. The first-order chi connectivity index (χ1) is 40.9. The van der Waals surface area contributed by atoms with E-state index in [-0.39, 0.29) is 43.0 Å². The van der Waals surface area contributed by atoms with Crippen LogP contribution in [0.25, 0.3) is 0 Å². The van der Waals surface area contributed by atoms with E-state index in [1.165, 1.54) is 123 Å². The molecule has 0 bridgehead atoms.